The van der Waals surface area contributed by atoms with Crippen LogP contribution in [0.1, 0.15) is 10.4 Å². The molecule has 3 aromatic rings. The van der Waals surface area contributed by atoms with Gasteiger partial charge in [-0.25, -0.2) is 13.8 Å². The summed E-state index contributed by atoms with van der Waals surface area (Å²) in [7, 11) is 3.11. The smallest absolute Gasteiger partial charge is 0.333 e. The predicted molar refractivity (Wildman–Crippen MR) is 93.3 cm³/mol. The van der Waals surface area contributed by atoms with Crippen LogP contribution in [0, 0.1) is 5.82 Å². The summed E-state index contributed by atoms with van der Waals surface area (Å²) in [6, 6.07) is 4.98. The Morgan fingerprint density at radius 2 is 1.96 bits per heavy atom. The number of H-pyrrole nitrogens is 1. The van der Waals surface area contributed by atoms with Crippen LogP contribution in [0.3, 0.4) is 0 Å². The Bertz CT molecular complexity index is 1080. The minimum atomic E-state index is -0.716. The highest BCUT2D eigenvalue weighted by atomic mass is 19.1. The van der Waals surface area contributed by atoms with E-state index in [1.54, 1.807) is 7.05 Å². The van der Waals surface area contributed by atoms with E-state index in [-0.39, 0.29) is 22.3 Å². The average Bonchev–Trinajstić information content (AvgIpc) is 2.93. The summed E-state index contributed by atoms with van der Waals surface area (Å²) < 4.78 is 20.4. The van der Waals surface area contributed by atoms with E-state index in [9.17, 15) is 18.8 Å². The van der Waals surface area contributed by atoms with E-state index in [4.69, 9.17) is 4.74 Å². The zero-order valence-corrected chi connectivity index (χ0v) is 14.2. The summed E-state index contributed by atoms with van der Waals surface area (Å²) in [5.41, 5.74) is -0.604. The number of fused-ring (bicyclic) bond motifs is 1. The molecular formula is C17H17FN4O4. The van der Waals surface area contributed by atoms with Crippen LogP contribution in [0.5, 0.6) is 0 Å². The fourth-order valence-corrected chi connectivity index (χ4v) is 2.73. The number of rotatable bonds is 5. The summed E-state index contributed by atoms with van der Waals surface area (Å²) in [4.78, 5) is 40.1. The van der Waals surface area contributed by atoms with E-state index in [1.807, 2.05) is 0 Å². The summed E-state index contributed by atoms with van der Waals surface area (Å²) in [5.74, 6) is -0.907. The van der Waals surface area contributed by atoms with Crippen LogP contribution in [0.4, 0.5) is 4.39 Å². The molecule has 136 valence electrons. The van der Waals surface area contributed by atoms with Crippen molar-refractivity contribution in [1.29, 1.82) is 0 Å². The van der Waals surface area contributed by atoms with Crippen molar-refractivity contribution in [3.63, 3.8) is 0 Å². The Labute approximate surface area is 146 Å². The first-order chi connectivity index (χ1) is 12.4. The number of hydrogen-bond acceptors (Lipinski definition) is 4. The van der Waals surface area contributed by atoms with Gasteiger partial charge in [0.05, 0.1) is 23.4 Å². The lowest BCUT2D eigenvalue weighted by atomic mass is 10.2. The van der Waals surface area contributed by atoms with Crippen molar-refractivity contribution in [3.8, 4) is 5.69 Å². The van der Waals surface area contributed by atoms with Crippen molar-refractivity contribution >= 4 is 16.9 Å². The van der Waals surface area contributed by atoms with Crippen LogP contribution >= 0.6 is 0 Å². The van der Waals surface area contributed by atoms with Gasteiger partial charge in [-0.05, 0) is 24.3 Å². The number of nitrogens with one attached hydrogen (secondary N) is 2. The van der Waals surface area contributed by atoms with Gasteiger partial charge >= 0.3 is 5.69 Å². The van der Waals surface area contributed by atoms with E-state index in [2.05, 4.69) is 10.3 Å². The topological polar surface area (TPSA) is 98.1 Å². The fraction of sp³-hybridized carbons (Fsp3) is 0.235. The molecule has 0 bridgehead atoms. The highest BCUT2D eigenvalue weighted by Gasteiger charge is 2.19. The number of hydrogen-bond donors (Lipinski definition) is 2. The summed E-state index contributed by atoms with van der Waals surface area (Å²) in [5, 5.41) is 2.65. The molecule has 0 aliphatic rings. The molecular weight excluding hydrogens is 343 g/mol. The van der Waals surface area contributed by atoms with Crippen LogP contribution in [-0.4, -0.2) is 40.3 Å². The number of nitrogens with zero attached hydrogens (tertiary/aromatic N) is 2. The molecule has 0 unspecified atom stereocenters. The largest absolute Gasteiger partial charge is 0.383 e. The zero-order valence-electron chi connectivity index (χ0n) is 14.2. The van der Waals surface area contributed by atoms with Crippen molar-refractivity contribution in [1.82, 2.24) is 19.4 Å². The van der Waals surface area contributed by atoms with Gasteiger partial charge in [0.15, 0.2) is 0 Å². The second kappa shape index (κ2) is 6.96. The maximum atomic E-state index is 13.1. The Morgan fingerprint density at radius 1 is 1.27 bits per heavy atom. The van der Waals surface area contributed by atoms with Gasteiger partial charge in [0, 0.05) is 26.9 Å². The van der Waals surface area contributed by atoms with Gasteiger partial charge in [-0.3, -0.25) is 9.59 Å². The molecule has 0 saturated carbocycles. The minimum absolute atomic E-state index is 0.149. The Hall–Kier alpha value is -3.20. The summed E-state index contributed by atoms with van der Waals surface area (Å²) >= 11 is 0. The first-order valence-corrected chi connectivity index (χ1v) is 7.81. The molecule has 26 heavy (non-hydrogen) atoms. The first kappa shape index (κ1) is 17.6. The lowest BCUT2D eigenvalue weighted by molar-refractivity contribution is 0.0938. The van der Waals surface area contributed by atoms with Crippen LogP contribution in [0.15, 0.2) is 40.1 Å². The van der Waals surface area contributed by atoms with Gasteiger partial charge in [0.2, 0.25) is 0 Å². The van der Waals surface area contributed by atoms with Crippen molar-refractivity contribution in [3.05, 3.63) is 62.7 Å². The fourth-order valence-electron chi connectivity index (χ4n) is 2.73. The molecule has 1 amide bonds. The molecule has 0 aliphatic heterocycles. The highest BCUT2D eigenvalue weighted by molar-refractivity contribution is 6.05. The number of benzene rings is 1. The second-order valence-corrected chi connectivity index (χ2v) is 5.67. The maximum Gasteiger partial charge on any atom is 0.333 e. The molecule has 8 nitrogen and oxygen atoms in total. The van der Waals surface area contributed by atoms with Crippen LogP contribution in [0.25, 0.3) is 16.7 Å². The van der Waals surface area contributed by atoms with Crippen LogP contribution in [0.2, 0.25) is 0 Å². The molecule has 0 spiro atoms. The molecule has 0 radical (unpaired) electrons. The van der Waals surface area contributed by atoms with Crippen molar-refractivity contribution in [2.45, 2.75) is 0 Å². The SMILES string of the molecule is COCCNC(=O)c1cn(C)c2c(=O)n(-c3ccc(F)cc3)c(=O)[nH]c12. The van der Waals surface area contributed by atoms with Crippen LogP contribution < -0.4 is 16.6 Å². The number of aromatic nitrogens is 3. The molecule has 2 N–H and O–H groups in total. The third kappa shape index (κ3) is 3.04. The monoisotopic (exact) mass is 360 g/mol. The number of halogens is 1. The third-order valence-electron chi connectivity index (χ3n) is 3.94. The first-order valence-electron chi connectivity index (χ1n) is 7.81. The Kier molecular flexibility index (Phi) is 4.72. The van der Waals surface area contributed by atoms with Crippen LogP contribution in [-0.2, 0) is 11.8 Å². The number of methoxy groups -OCH3 is 1. The molecule has 3 rings (SSSR count). The number of ether oxygens (including phenoxy) is 1. The van der Waals surface area contributed by atoms with Gasteiger partial charge in [-0.15, -0.1) is 0 Å². The molecule has 0 atom stereocenters. The number of aromatic amines is 1. The number of carbonyl (C=O) groups is 1. The molecule has 0 saturated heterocycles. The van der Waals surface area contributed by atoms with Crippen molar-refractivity contribution in [2.75, 3.05) is 20.3 Å². The molecule has 2 aromatic heterocycles. The van der Waals surface area contributed by atoms with E-state index in [1.165, 1.54) is 30.0 Å². The minimum Gasteiger partial charge on any atom is -0.383 e. The quantitative estimate of drug-likeness (QED) is 0.649. The maximum absolute atomic E-state index is 13.1. The van der Waals surface area contributed by atoms with Crippen molar-refractivity contribution in [2.24, 2.45) is 7.05 Å². The van der Waals surface area contributed by atoms with E-state index in [0.717, 1.165) is 16.7 Å². The van der Waals surface area contributed by atoms with Gasteiger partial charge in [-0.2, -0.15) is 0 Å². The average molecular weight is 360 g/mol. The predicted octanol–water partition coefficient (Wildman–Crippen LogP) is 0.533. The Morgan fingerprint density at radius 3 is 2.62 bits per heavy atom. The normalized spacial score (nSPS) is 11.0. The molecule has 9 heteroatoms. The lowest BCUT2D eigenvalue weighted by Crippen LogP contribution is -2.34. The Balaban J connectivity index is 2.15. The van der Waals surface area contributed by atoms with Gasteiger partial charge < -0.3 is 19.6 Å². The highest BCUT2D eigenvalue weighted by Crippen LogP contribution is 2.15. The molecule has 1 aromatic carbocycles. The van der Waals surface area contributed by atoms with E-state index >= 15 is 0 Å². The van der Waals surface area contributed by atoms with E-state index < -0.39 is 23.0 Å². The second-order valence-electron chi connectivity index (χ2n) is 5.67. The van der Waals surface area contributed by atoms with Gasteiger partial charge in [0.1, 0.15) is 11.3 Å². The summed E-state index contributed by atoms with van der Waals surface area (Å²) in [6.45, 7) is 0.632. The molecule has 2 heterocycles. The van der Waals surface area contributed by atoms with E-state index in [0.29, 0.717) is 13.2 Å². The standard InChI is InChI=1S/C17H17FN4O4/c1-21-9-12(15(23)19-7-8-26-2)13-14(21)16(24)22(17(25)20-13)11-5-3-10(18)4-6-11/h3-6,9H,7-8H2,1-2H3,(H,19,23)(H,20,25). The number of amides is 1. The van der Waals surface area contributed by atoms with Gasteiger partial charge in [0.25, 0.3) is 11.5 Å². The summed E-state index contributed by atoms with van der Waals surface area (Å²) in [6.07, 6.45) is 1.47. The van der Waals surface area contributed by atoms with Gasteiger partial charge in [-0.1, -0.05) is 0 Å². The molecule has 0 aliphatic carbocycles. The zero-order chi connectivity index (χ0) is 18.8. The van der Waals surface area contributed by atoms with Crippen molar-refractivity contribution < 1.29 is 13.9 Å². The number of aryl methyl sites for hydroxylation is 1. The molecule has 0 fully saturated rings. The lowest BCUT2D eigenvalue weighted by Gasteiger charge is -2.06. The third-order valence-corrected chi connectivity index (χ3v) is 3.94. The number of carbonyl (C=O) groups excluding carboxylic acids is 1.